The van der Waals surface area contributed by atoms with E-state index >= 15 is 0 Å². The molecule has 0 saturated heterocycles. The summed E-state index contributed by atoms with van der Waals surface area (Å²) in [5.74, 6) is 0. The molecule has 20 heavy (non-hydrogen) atoms. The highest BCUT2D eigenvalue weighted by Gasteiger charge is 2.19. The Balaban J connectivity index is 2.22. The van der Waals surface area contributed by atoms with Gasteiger partial charge in [-0.3, -0.25) is 0 Å². The lowest BCUT2D eigenvalue weighted by Crippen LogP contribution is -2.40. The lowest BCUT2D eigenvalue weighted by molar-refractivity contribution is 0.251. The molecule has 0 atom stereocenters. The predicted molar refractivity (Wildman–Crippen MR) is 81.3 cm³/mol. The van der Waals surface area contributed by atoms with Crippen molar-refractivity contribution in [3.63, 3.8) is 0 Å². The number of para-hydroxylation sites is 2. The van der Waals surface area contributed by atoms with Crippen LogP contribution in [0.25, 0.3) is 10.9 Å². The van der Waals surface area contributed by atoms with Gasteiger partial charge in [0.1, 0.15) is 0 Å². The quantitative estimate of drug-likeness (QED) is 0.784. The molecular weight excluding hydrogens is 320 g/mol. The summed E-state index contributed by atoms with van der Waals surface area (Å²) in [6.45, 7) is 0. The van der Waals surface area contributed by atoms with E-state index in [0.717, 1.165) is 15.4 Å². The zero-order chi connectivity index (χ0) is 14.1. The molecule has 6 heteroatoms. The smallest absolute Gasteiger partial charge is 0.340 e. The highest BCUT2D eigenvalue weighted by atomic mass is 79.9. The van der Waals surface area contributed by atoms with Crippen molar-refractivity contribution in [2.45, 2.75) is 0 Å². The van der Waals surface area contributed by atoms with Crippen LogP contribution in [0.2, 0.25) is 0 Å². The van der Waals surface area contributed by atoms with Gasteiger partial charge in [0.2, 0.25) is 0 Å². The zero-order valence-electron chi connectivity index (χ0n) is 10.4. The Labute approximate surface area is 123 Å². The minimum absolute atomic E-state index is 0.606. The van der Waals surface area contributed by atoms with Gasteiger partial charge in [0.05, 0.1) is 17.4 Å². The van der Waals surface area contributed by atoms with Crippen LogP contribution in [0.5, 0.6) is 0 Å². The number of aromatic nitrogens is 2. The number of amides is 2. The third kappa shape index (κ3) is 2.04. The number of carbonyl (C=O) groups excluding carboxylic acids is 1. The maximum absolute atomic E-state index is 11.9. The lowest BCUT2D eigenvalue weighted by Gasteiger charge is -2.22. The molecule has 0 bridgehead atoms. The Bertz CT molecular complexity index is 783. The number of urea groups is 1. The minimum atomic E-state index is -0.606. The van der Waals surface area contributed by atoms with Crippen molar-refractivity contribution < 1.29 is 4.79 Å². The summed E-state index contributed by atoms with van der Waals surface area (Å²) in [5, 5.41) is 6.52. The topological polar surface area (TPSA) is 64.2 Å². The number of nitrogens with two attached hydrogens (primary N) is 1. The first-order valence-corrected chi connectivity index (χ1v) is 6.75. The van der Waals surface area contributed by atoms with Crippen molar-refractivity contribution in [1.82, 2.24) is 9.89 Å². The van der Waals surface area contributed by atoms with Crippen LogP contribution < -0.4 is 10.7 Å². The van der Waals surface area contributed by atoms with Crippen LogP contribution in [0.3, 0.4) is 0 Å². The van der Waals surface area contributed by atoms with E-state index in [9.17, 15) is 4.79 Å². The van der Waals surface area contributed by atoms with Crippen LogP contribution in [0, 0.1) is 0 Å². The second-order valence-electron chi connectivity index (χ2n) is 4.19. The van der Waals surface area contributed by atoms with Crippen LogP contribution in [0.4, 0.5) is 10.5 Å². The van der Waals surface area contributed by atoms with Crippen molar-refractivity contribution in [1.29, 1.82) is 0 Å². The van der Waals surface area contributed by atoms with E-state index in [1.54, 1.807) is 12.3 Å². The molecule has 0 radical (unpaired) electrons. The molecular formula is C14H11BrN4O. The normalized spacial score (nSPS) is 10.7. The Morgan fingerprint density at radius 1 is 1.15 bits per heavy atom. The largest absolute Gasteiger partial charge is 0.350 e. The van der Waals surface area contributed by atoms with E-state index in [0.29, 0.717) is 5.69 Å². The molecule has 2 amide bonds. The van der Waals surface area contributed by atoms with E-state index in [-0.39, 0.29) is 0 Å². The van der Waals surface area contributed by atoms with Crippen molar-refractivity contribution in [2.24, 2.45) is 5.73 Å². The van der Waals surface area contributed by atoms with Gasteiger partial charge in [0.15, 0.2) is 0 Å². The van der Waals surface area contributed by atoms with Crippen LogP contribution in [-0.4, -0.2) is 15.9 Å². The summed E-state index contributed by atoms with van der Waals surface area (Å²) >= 11 is 3.42. The molecule has 0 aliphatic carbocycles. The fraction of sp³-hybridized carbons (Fsp3) is 0. The molecule has 2 aromatic carbocycles. The molecule has 0 aliphatic rings. The monoisotopic (exact) mass is 330 g/mol. The Hall–Kier alpha value is -2.34. The maximum atomic E-state index is 11.9. The maximum Gasteiger partial charge on any atom is 0.340 e. The molecule has 0 spiro atoms. The summed E-state index contributed by atoms with van der Waals surface area (Å²) in [6.07, 6.45) is 1.70. The van der Waals surface area contributed by atoms with Crippen molar-refractivity contribution >= 4 is 38.6 Å². The summed E-state index contributed by atoms with van der Waals surface area (Å²) in [7, 11) is 0. The molecule has 5 nitrogen and oxygen atoms in total. The molecule has 1 aromatic heterocycles. The van der Waals surface area contributed by atoms with Gasteiger partial charge < -0.3 is 5.73 Å². The number of carbonyl (C=O) groups is 1. The molecule has 3 rings (SSSR count). The number of nitrogens with zero attached hydrogens (tertiary/aromatic N) is 3. The van der Waals surface area contributed by atoms with Gasteiger partial charge in [-0.25, -0.2) is 4.79 Å². The Morgan fingerprint density at radius 2 is 1.85 bits per heavy atom. The first-order chi connectivity index (χ1) is 9.68. The van der Waals surface area contributed by atoms with Crippen LogP contribution in [-0.2, 0) is 0 Å². The third-order valence-electron chi connectivity index (χ3n) is 2.94. The average Bonchev–Trinajstić information content (AvgIpc) is 2.85. The van der Waals surface area contributed by atoms with Gasteiger partial charge >= 0.3 is 6.03 Å². The average molecular weight is 331 g/mol. The number of anilines is 1. The second kappa shape index (κ2) is 4.97. The predicted octanol–water partition coefficient (Wildman–Crippen LogP) is 3.15. The molecule has 1 heterocycles. The van der Waals surface area contributed by atoms with Crippen molar-refractivity contribution in [3.05, 3.63) is 59.2 Å². The van der Waals surface area contributed by atoms with Gasteiger partial charge in [-0.15, -0.1) is 0 Å². The number of primary amides is 1. The lowest BCUT2D eigenvalue weighted by atomic mass is 10.3. The van der Waals surface area contributed by atoms with E-state index < -0.39 is 6.03 Å². The summed E-state index contributed by atoms with van der Waals surface area (Å²) < 4.78 is 0.762. The van der Waals surface area contributed by atoms with Crippen molar-refractivity contribution in [2.75, 3.05) is 5.01 Å². The molecule has 2 N–H and O–H groups in total. The van der Waals surface area contributed by atoms with E-state index in [2.05, 4.69) is 21.0 Å². The second-order valence-corrected chi connectivity index (χ2v) is 5.05. The van der Waals surface area contributed by atoms with Crippen LogP contribution in [0.15, 0.2) is 59.2 Å². The molecule has 0 saturated carbocycles. The number of rotatable bonds is 2. The minimum Gasteiger partial charge on any atom is -0.350 e. The van der Waals surface area contributed by atoms with Gasteiger partial charge in [-0.1, -0.05) is 30.3 Å². The van der Waals surface area contributed by atoms with Crippen LogP contribution in [0.1, 0.15) is 0 Å². The standard InChI is InChI=1S/C14H11BrN4O/c15-11-6-2-4-8-13(11)18(14(16)20)19-12-7-3-1-5-10(12)9-17-19/h1-9H,(H2,16,20). The summed E-state index contributed by atoms with van der Waals surface area (Å²) in [6, 6.07) is 14.4. The number of halogens is 1. The summed E-state index contributed by atoms with van der Waals surface area (Å²) in [5.41, 5.74) is 6.97. The fourth-order valence-electron chi connectivity index (χ4n) is 2.05. The molecule has 0 aliphatic heterocycles. The number of fused-ring (bicyclic) bond motifs is 1. The fourth-order valence-corrected chi connectivity index (χ4v) is 2.51. The van der Waals surface area contributed by atoms with Crippen molar-refractivity contribution in [3.8, 4) is 0 Å². The van der Waals surface area contributed by atoms with Gasteiger partial charge in [0.25, 0.3) is 0 Å². The van der Waals surface area contributed by atoms with Gasteiger partial charge in [-0.05, 0) is 34.1 Å². The first-order valence-electron chi connectivity index (χ1n) is 5.95. The molecule has 3 aromatic rings. The SMILES string of the molecule is NC(=O)N(c1ccccc1Br)n1ncc2ccccc21. The summed E-state index contributed by atoms with van der Waals surface area (Å²) in [4.78, 5) is 13.4. The van der Waals surface area contributed by atoms with Gasteiger partial charge in [-0.2, -0.15) is 14.9 Å². The van der Waals surface area contributed by atoms with E-state index in [1.165, 1.54) is 9.80 Å². The Morgan fingerprint density at radius 3 is 2.60 bits per heavy atom. The zero-order valence-corrected chi connectivity index (χ0v) is 12.0. The van der Waals surface area contributed by atoms with Crippen LogP contribution >= 0.6 is 15.9 Å². The molecule has 0 unspecified atom stereocenters. The Kier molecular flexibility index (Phi) is 3.15. The van der Waals surface area contributed by atoms with Gasteiger partial charge in [0, 0.05) is 9.86 Å². The highest BCUT2D eigenvalue weighted by molar-refractivity contribution is 9.10. The number of benzene rings is 2. The number of hydrogen-bond donors (Lipinski definition) is 1. The third-order valence-corrected chi connectivity index (χ3v) is 3.61. The van der Waals surface area contributed by atoms with E-state index in [1.807, 2.05) is 42.5 Å². The van der Waals surface area contributed by atoms with E-state index in [4.69, 9.17) is 5.73 Å². The number of hydrogen-bond acceptors (Lipinski definition) is 2. The highest BCUT2D eigenvalue weighted by Crippen LogP contribution is 2.27. The first kappa shape index (κ1) is 12.7. The molecule has 100 valence electrons. The molecule has 0 fully saturated rings.